The zero-order valence-corrected chi connectivity index (χ0v) is 18.7. The molecule has 158 valence electrons. The van der Waals surface area contributed by atoms with Gasteiger partial charge < -0.3 is 5.32 Å². The van der Waals surface area contributed by atoms with Crippen molar-refractivity contribution >= 4 is 40.7 Å². The quantitative estimate of drug-likeness (QED) is 0.235. The Morgan fingerprint density at radius 1 is 0.719 bits per heavy atom. The number of nitrogens with one attached hydrogen (secondary N) is 1. The molecule has 3 nitrogen and oxygen atoms in total. The van der Waals surface area contributed by atoms with Crippen molar-refractivity contribution in [2.45, 2.75) is 4.90 Å². The Kier molecular flexibility index (Phi) is 7.05. The van der Waals surface area contributed by atoms with Gasteiger partial charge in [0, 0.05) is 26.7 Å². The van der Waals surface area contributed by atoms with Crippen LogP contribution in [0.25, 0.3) is 11.1 Å². The molecule has 4 aromatic rings. The van der Waals surface area contributed by atoms with Crippen molar-refractivity contribution in [3.63, 3.8) is 0 Å². The van der Waals surface area contributed by atoms with Gasteiger partial charge in [-0.25, -0.2) is 0 Å². The molecule has 0 spiro atoms. The van der Waals surface area contributed by atoms with E-state index in [1.165, 1.54) is 11.8 Å². The molecule has 1 amide bonds. The van der Waals surface area contributed by atoms with Crippen LogP contribution in [-0.2, 0) is 0 Å². The summed E-state index contributed by atoms with van der Waals surface area (Å²) in [6.07, 6.45) is 0. The van der Waals surface area contributed by atoms with Gasteiger partial charge in [0.25, 0.3) is 5.91 Å². The van der Waals surface area contributed by atoms with Crippen molar-refractivity contribution in [3.05, 3.63) is 119 Å². The van der Waals surface area contributed by atoms with Gasteiger partial charge in [0.05, 0.1) is 5.75 Å². The molecule has 0 fully saturated rings. The van der Waals surface area contributed by atoms with E-state index in [2.05, 4.69) is 5.32 Å². The molecule has 4 aromatic carbocycles. The van der Waals surface area contributed by atoms with Gasteiger partial charge in [-0.2, -0.15) is 0 Å². The van der Waals surface area contributed by atoms with Crippen molar-refractivity contribution in [1.82, 2.24) is 0 Å². The Labute approximate surface area is 196 Å². The second kappa shape index (κ2) is 10.3. The number of halogens is 1. The predicted octanol–water partition coefficient (Wildman–Crippen LogP) is 7.23. The van der Waals surface area contributed by atoms with Crippen molar-refractivity contribution in [1.29, 1.82) is 0 Å². The molecule has 32 heavy (non-hydrogen) atoms. The van der Waals surface area contributed by atoms with Crippen LogP contribution in [0.3, 0.4) is 0 Å². The number of hydrogen-bond donors (Lipinski definition) is 1. The molecule has 0 atom stereocenters. The average Bonchev–Trinajstić information content (AvgIpc) is 2.84. The second-order valence-corrected chi connectivity index (χ2v) is 8.63. The van der Waals surface area contributed by atoms with Gasteiger partial charge in [-0.15, -0.1) is 11.8 Å². The molecular weight excluding hydrogens is 438 g/mol. The molecule has 1 N–H and O–H groups in total. The van der Waals surface area contributed by atoms with Crippen molar-refractivity contribution < 1.29 is 9.59 Å². The third kappa shape index (κ3) is 5.67. The highest BCUT2D eigenvalue weighted by molar-refractivity contribution is 8.00. The fraction of sp³-hybridized carbons (Fsp3) is 0.0370. The number of Topliss-reactive ketones (excluding diaryl/α,β-unsaturated/α-hetero) is 1. The maximum absolute atomic E-state index is 12.6. The van der Waals surface area contributed by atoms with Crippen LogP contribution in [-0.4, -0.2) is 17.4 Å². The van der Waals surface area contributed by atoms with E-state index in [0.717, 1.165) is 16.0 Å². The minimum atomic E-state index is -0.220. The summed E-state index contributed by atoms with van der Waals surface area (Å²) in [6, 6.07) is 32.0. The molecule has 5 heteroatoms. The van der Waals surface area contributed by atoms with E-state index in [0.29, 0.717) is 27.6 Å². The van der Waals surface area contributed by atoms with Crippen LogP contribution in [0.15, 0.2) is 108 Å². The Morgan fingerprint density at radius 2 is 1.41 bits per heavy atom. The Bertz CT molecular complexity index is 1220. The van der Waals surface area contributed by atoms with Gasteiger partial charge >= 0.3 is 0 Å². The first kappa shape index (κ1) is 21.9. The summed E-state index contributed by atoms with van der Waals surface area (Å²) < 4.78 is 0. The lowest BCUT2D eigenvalue weighted by Crippen LogP contribution is -2.11. The zero-order chi connectivity index (χ0) is 22.3. The minimum Gasteiger partial charge on any atom is -0.322 e. The van der Waals surface area contributed by atoms with Gasteiger partial charge in [0.2, 0.25) is 0 Å². The number of carbonyl (C=O) groups excluding carboxylic acids is 2. The van der Waals surface area contributed by atoms with Crippen molar-refractivity contribution in [3.8, 4) is 11.1 Å². The SMILES string of the molecule is O=C(CSc1ccc(NC(=O)c2cccc(Cl)c2)cc1)c1ccc(-c2ccccc2)cc1. The van der Waals surface area contributed by atoms with E-state index < -0.39 is 0 Å². The van der Waals surface area contributed by atoms with E-state index in [4.69, 9.17) is 11.6 Å². The second-order valence-electron chi connectivity index (χ2n) is 7.14. The van der Waals surface area contributed by atoms with Crippen molar-refractivity contribution in [2.75, 3.05) is 11.1 Å². The Morgan fingerprint density at radius 3 is 2.09 bits per heavy atom. The lowest BCUT2D eigenvalue weighted by molar-refractivity contribution is 0.101. The van der Waals surface area contributed by atoms with Gasteiger partial charge in [-0.1, -0.05) is 72.3 Å². The molecule has 0 saturated heterocycles. The number of thioether (sulfide) groups is 1. The molecule has 0 aliphatic carbocycles. The van der Waals surface area contributed by atoms with E-state index >= 15 is 0 Å². The first-order chi connectivity index (χ1) is 15.6. The number of ketones is 1. The van der Waals surface area contributed by atoms with Crippen LogP contribution in [0, 0.1) is 0 Å². The average molecular weight is 458 g/mol. The topological polar surface area (TPSA) is 46.2 Å². The smallest absolute Gasteiger partial charge is 0.255 e. The lowest BCUT2D eigenvalue weighted by atomic mass is 10.0. The van der Waals surface area contributed by atoms with Gasteiger partial charge in [-0.05, 0) is 53.6 Å². The summed E-state index contributed by atoms with van der Waals surface area (Å²) in [5.74, 6) is 0.203. The van der Waals surface area contributed by atoms with Gasteiger partial charge in [-0.3, -0.25) is 9.59 Å². The summed E-state index contributed by atoms with van der Waals surface area (Å²) in [6.45, 7) is 0. The first-order valence-electron chi connectivity index (χ1n) is 10.1. The van der Waals surface area contributed by atoms with Crippen LogP contribution in [0.2, 0.25) is 5.02 Å². The summed E-state index contributed by atoms with van der Waals surface area (Å²) in [5.41, 5.74) is 4.10. The zero-order valence-electron chi connectivity index (χ0n) is 17.1. The van der Waals surface area contributed by atoms with Crippen LogP contribution in [0.5, 0.6) is 0 Å². The maximum atomic E-state index is 12.6. The van der Waals surface area contributed by atoms with Crippen LogP contribution < -0.4 is 5.32 Å². The largest absolute Gasteiger partial charge is 0.322 e. The van der Waals surface area contributed by atoms with Crippen molar-refractivity contribution in [2.24, 2.45) is 0 Å². The summed E-state index contributed by atoms with van der Waals surface area (Å²) >= 11 is 7.41. The molecular formula is C27H20ClNO2S. The fourth-order valence-corrected chi connectivity index (χ4v) is 4.16. The standard InChI is InChI=1S/C27H20ClNO2S/c28-23-8-4-7-22(17-23)27(31)29-24-13-15-25(16-14-24)32-18-26(30)21-11-9-20(10-12-21)19-5-2-1-3-6-19/h1-17H,18H2,(H,29,31). The predicted molar refractivity (Wildman–Crippen MR) is 133 cm³/mol. The molecule has 0 radical (unpaired) electrons. The highest BCUT2D eigenvalue weighted by Crippen LogP contribution is 2.24. The van der Waals surface area contributed by atoms with Crippen LogP contribution in [0.1, 0.15) is 20.7 Å². The minimum absolute atomic E-state index is 0.0768. The molecule has 0 heterocycles. The fourth-order valence-electron chi connectivity index (χ4n) is 3.18. The van der Waals surface area contributed by atoms with Gasteiger partial charge in [0.15, 0.2) is 5.78 Å². The van der Waals surface area contributed by atoms with E-state index in [-0.39, 0.29) is 11.7 Å². The molecule has 0 saturated carbocycles. The number of benzene rings is 4. The molecule has 0 aliphatic rings. The Balaban J connectivity index is 1.32. The highest BCUT2D eigenvalue weighted by atomic mass is 35.5. The van der Waals surface area contributed by atoms with Crippen LogP contribution >= 0.6 is 23.4 Å². The van der Waals surface area contributed by atoms with E-state index in [1.54, 1.807) is 24.3 Å². The number of carbonyl (C=O) groups is 2. The highest BCUT2D eigenvalue weighted by Gasteiger charge is 2.09. The molecule has 0 aliphatic heterocycles. The molecule has 4 rings (SSSR count). The summed E-state index contributed by atoms with van der Waals surface area (Å²) in [7, 11) is 0. The molecule has 0 unspecified atom stereocenters. The first-order valence-corrected chi connectivity index (χ1v) is 11.4. The number of anilines is 1. The molecule has 0 bridgehead atoms. The number of amides is 1. The normalized spacial score (nSPS) is 10.5. The van der Waals surface area contributed by atoms with E-state index in [1.807, 2.05) is 78.9 Å². The summed E-state index contributed by atoms with van der Waals surface area (Å²) in [5, 5.41) is 3.37. The molecule has 0 aromatic heterocycles. The summed E-state index contributed by atoms with van der Waals surface area (Å²) in [4.78, 5) is 25.9. The maximum Gasteiger partial charge on any atom is 0.255 e. The lowest BCUT2D eigenvalue weighted by Gasteiger charge is -2.07. The number of rotatable bonds is 7. The third-order valence-electron chi connectivity index (χ3n) is 4.88. The van der Waals surface area contributed by atoms with Crippen LogP contribution in [0.4, 0.5) is 5.69 Å². The third-order valence-corrected chi connectivity index (χ3v) is 6.13. The number of hydrogen-bond acceptors (Lipinski definition) is 3. The Hall–Kier alpha value is -3.34. The monoisotopic (exact) mass is 457 g/mol. The van der Waals surface area contributed by atoms with Gasteiger partial charge in [0.1, 0.15) is 0 Å². The van der Waals surface area contributed by atoms with E-state index in [9.17, 15) is 9.59 Å².